The highest BCUT2D eigenvalue weighted by Crippen LogP contribution is 2.23. The summed E-state index contributed by atoms with van der Waals surface area (Å²) in [6, 6.07) is 0. The molecule has 6 nitrogen and oxygen atoms in total. The Morgan fingerprint density at radius 3 is 2.41 bits per heavy atom. The molecule has 0 aliphatic rings. The maximum atomic E-state index is 12.1. The number of hydrogen-bond donors (Lipinski definition) is 1. The summed E-state index contributed by atoms with van der Waals surface area (Å²) in [5.41, 5.74) is 5.31. The molecule has 0 saturated heterocycles. The summed E-state index contributed by atoms with van der Waals surface area (Å²) in [6.45, 7) is -1.58. The molecule has 1 rings (SSSR count). The molecule has 0 spiro atoms. The molecular weight excluding hydrogens is 261 g/mol. The number of rotatable bonds is 3. The van der Waals surface area contributed by atoms with Crippen LogP contribution in [0.4, 0.5) is 19.0 Å². The first kappa shape index (κ1) is 13.8. The monoisotopic (exact) mass is 272 g/mol. The molecule has 98 valence electrons. The summed E-state index contributed by atoms with van der Waals surface area (Å²) >= 11 is 0. The fraction of sp³-hybridized carbons (Fsp3) is 0.571. The average molecular weight is 272 g/mol. The second-order valence-electron chi connectivity index (χ2n) is 3.42. The number of aromatic nitrogens is 2. The van der Waals surface area contributed by atoms with Gasteiger partial charge in [0.2, 0.25) is 0 Å². The Labute approximate surface area is 95.9 Å². The Morgan fingerprint density at radius 1 is 1.53 bits per heavy atom. The van der Waals surface area contributed by atoms with E-state index in [0.717, 1.165) is 17.9 Å². The molecule has 1 heterocycles. The third-order valence-corrected chi connectivity index (χ3v) is 3.90. The van der Waals surface area contributed by atoms with Gasteiger partial charge < -0.3 is 10.3 Å². The van der Waals surface area contributed by atoms with Crippen LogP contribution in [0.1, 0.15) is 0 Å². The van der Waals surface area contributed by atoms with Crippen LogP contribution in [0.2, 0.25) is 0 Å². The average Bonchev–Trinajstić information content (AvgIpc) is 2.43. The molecule has 0 bridgehead atoms. The first-order valence-corrected chi connectivity index (χ1v) is 5.79. The van der Waals surface area contributed by atoms with E-state index in [9.17, 15) is 21.6 Å². The lowest BCUT2D eigenvalue weighted by atomic mass is 10.6. The van der Waals surface area contributed by atoms with Gasteiger partial charge in [0.25, 0.3) is 10.0 Å². The summed E-state index contributed by atoms with van der Waals surface area (Å²) in [6.07, 6.45) is -3.50. The number of anilines is 1. The lowest BCUT2D eigenvalue weighted by Gasteiger charge is -2.18. The third kappa shape index (κ3) is 2.88. The zero-order valence-corrected chi connectivity index (χ0v) is 9.88. The van der Waals surface area contributed by atoms with Gasteiger partial charge in [-0.3, -0.25) is 0 Å². The number of nitrogens with zero attached hydrogens (tertiary/aromatic N) is 3. The second-order valence-corrected chi connectivity index (χ2v) is 5.38. The van der Waals surface area contributed by atoms with Gasteiger partial charge in [-0.1, -0.05) is 0 Å². The molecule has 0 aliphatic carbocycles. The van der Waals surface area contributed by atoms with E-state index >= 15 is 0 Å². The predicted octanol–water partition coefficient (Wildman–Crippen LogP) is 0.185. The first-order valence-electron chi connectivity index (χ1n) is 4.35. The van der Waals surface area contributed by atoms with Crippen molar-refractivity contribution in [3.8, 4) is 0 Å². The Balaban J connectivity index is 3.13. The van der Waals surface area contributed by atoms with Gasteiger partial charge in [-0.25, -0.2) is 13.4 Å². The van der Waals surface area contributed by atoms with Crippen LogP contribution in [0.5, 0.6) is 0 Å². The lowest BCUT2D eigenvalue weighted by molar-refractivity contribution is -0.134. The van der Waals surface area contributed by atoms with E-state index in [1.807, 2.05) is 0 Å². The van der Waals surface area contributed by atoms with Crippen LogP contribution in [0, 0.1) is 0 Å². The van der Waals surface area contributed by atoms with Crippen molar-refractivity contribution in [2.24, 2.45) is 7.05 Å². The number of nitrogens with two attached hydrogens (primary N) is 1. The SMILES string of the molecule is CN(CC(F)(F)F)S(=O)(=O)c1c(N)ncn1C. The minimum Gasteiger partial charge on any atom is -0.381 e. The minimum absolute atomic E-state index is 0.181. The molecule has 0 radical (unpaired) electrons. The number of alkyl halides is 3. The van der Waals surface area contributed by atoms with Crippen molar-refractivity contribution in [3.63, 3.8) is 0 Å². The number of sulfonamides is 1. The van der Waals surface area contributed by atoms with E-state index in [0.29, 0.717) is 0 Å². The van der Waals surface area contributed by atoms with Gasteiger partial charge >= 0.3 is 6.18 Å². The van der Waals surface area contributed by atoms with Crippen molar-refractivity contribution < 1.29 is 21.6 Å². The number of nitrogen functional groups attached to an aromatic ring is 1. The van der Waals surface area contributed by atoms with Crippen molar-refractivity contribution in [2.45, 2.75) is 11.2 Å². The van der Waals surface area contributed by atoms with Crippen molar-refractivity contribution in [3.05, 3.63) is 6.33 Å². The van der Waals surface area contributed by atoms with Gasteiger partial charge in [-0.05, 0) is 0 Å². The van der Waals surface area contributed by atoms with E-state index in [-0.39, 0.29) is 10.1 Å². The van der Waals surface area contributed by atoms with E-state index in [2.05, 4.69) is 4.98 Å². The van der Waals surface area contributed by atoms with Crippen LogP contribution in [-0.2, 0) is 17.1 Å². The molecule has 0 amide bonds. The van der Waals surface area contributed by atoms with E-state index in [1.165, 1.54) is 7.05 Å². The number of imidazole rings is 1. The Morgan fingerprint density at radius 2 is 2.06 bits per heavy atom. The molecule has 1 aromatic heterocycles. The molecule has 0 aromatic carbocycles. The van der Waals surface area contributed by atoms with Gasteiger partial charge in [0.1, 0.15) is 6.54 Å². The molecule has 10 heteroatoms. The lowest BCUT2D eigenvalue weighted by Crippen LogP contribution is -2.36. The molecule has 1 aromatic rings. The second kappa shape index (κ2) is 4.18. The Hall–Kier alpha value is -1.29. The number of halogens is 3. The van der Waals surface area contributed by atoms with Gasteiger partial charge in [0, 0.05) is 14.1 Å². The highest BCUT2D eigenvalue weighted by atomic mass is 32.2. The van der Waals surface area contributed by atoms with E-state index in [4.69, 9.17) is 5.73 Å². The highest BCUT2D eigenvalue weighted by Gasteiger charge is 2.36. The number of aryl methyl sites for hydroxylation is 1. The minimum atomic E-state index is -4.62. The smallest absolute Gasteiger partial charge is 0.381 e. The molecule has 0 aliphatic heterocycles. The van der Waals surface area contributed by atoms with Crippen molar-refractivity contribution >= 4 is 15.8 Å². The molecule has 0 unspecified atom stereocenters. The third-order valence-electron chi connectivity index (χ3n) is 1.97. The zero-order chi connectivity index (χ0) is 13.4. The van der Waals surface area contributed by atoms with Crippen molar-refractivity contribution in [2.75, 3.05) is 19.3 Å². The molecule has 0 fully saturated rings. The normalized spacial score (nSPS) is 13.3. The Bertz CT molecular complexity index is 488. The van der Waals surface area contributed by atoms with Gasteiger partial charge in [0.05, 0.1) is 6.33 Å². The largest absolute Gasteiger partial charge is 0.402 e. The van der Waals surface area contributed by atoms with Crippen LogP contribution in [0.25, 0.3) is 0 Å². The summed E-state index contributed by atoms with van der Waals surface area (Å²) < 4.78 is 61.2. The van der Waals surface area contributed by atoms with Crippen molar-refractivity contribution in [1.29, 1.82) is 0 Å². The quantitative estimate of drug-likeness (QED) is 0.851. The zero-order valence-electron chi connectivity index (χ0n) is 9.06. The fourth-order valence-electron chi connectivity index (χ4n) is 1.24. The number of hydrogen-bond acceptors (Lipinski definition) is 4. The molecular formula is C7H11F3N4O2S. The summed E-state index contributed by atoms with van der Waals surface area (Å²) in [7, 11) is -2.14. The maximum Gasteiger partial charge on any atom is 0.402 e. The molecule has 0 atom stereocenters. The van der Waals surface area contributed by atoms with Gasteiger partial charge in [-0.2, -0.15) is 17.5 Å². The van der Waals surface area contributed by atoms with Crippen molar-refractivity contribution in [1.82, 2.24) is 13.9 Å². The molecule has 17 heavy (non-hydrogen) atoms. The molecule has 0 saturated carbocycles. The summed E-state index contributed by atoms with van der Waals surface area (Å²) in [5.74, 6) is -0.332. The van der Waals surface area contributed by atoms with Crippen LogP contribution in [0.3, 0.4) is 0 Å². The van der Waals surface area contributed by atoms with Crippen LogP contribution in [-0.4, -0.2) is 42.0 Å². The van der Waals surface area contributed by atoms with Gasteiger partial charge in [0.15, 0.2) is 10.8 Å². The highest BCUT2D eigenvalue weighted by molar-refractivity contribution is 7.89. The molecule has 2 N–H and O–H groups in total. The van der Waals surface area contributed by atoms with Crippen LogP contribution < -0.4 is 5.73 Å². The fourth-order valence-corrected chi connectivity index (χ4v) is 2.58. The Kier molecular flexibility index (Phi) is 3.39. The topological polar surface area (TPSA) is 81.2 Å². The van der Waals surface area contributed by atoms with E-state index < -0.39 is 27.8 Å². The summed E-state index contributed by atoms with van der Waals surface area (Å²) in [4.78, 5) is 3.51. The van der Waals surface area contributed by atoms with Crippen LogP contribution in [0.15, 0.2) is 11.4 Å². The van der Waals surface area contributed by atoms with E-state index in [1.54, 1.807) is 0 Å². The summed E-state index contributed by atoms with van der Waals surface area (Å²) in [5, 5.41) is -0.454. The van der Waals surface area contributed by atoms with Crippen LogP contribution >= 0.6 is 0 Å². The maximum absolute atomic E-state index is 12.1. The standard InChI is InChI=1S/C7H11F3N4O2S/c1-13-4-12-5(11)6(13)17(15,16)14(2)3-7(8,9)10/h4H,3,11H2,1-2H3. The predicted molar refractivity (Wildman–Crippen MR) is 53.5 cm³/mol. The first-order chi connectivity index (χ1) is 7.55. The van der Waals surface area contributed by atoms with Gasteiger partial charge in [-0.15, -0.1) is 0 Å².